The Balaban J connectivity index is 1.80. The van der Waals surface area contributed by atoms with Crippen molar-refractivity contribution in [3.8, 4) is 0 Å². The van der Waals surface area contributed by atoms with Gasteiger partial charge in [0.15, 0.2) is 0 Å². The van der Waals surface area contributed by atoms with E-state index >= 15 is 0 Å². The summed E-state index contributed by atoms with van der Waals surface area (Å²) in [5, 5.41) is 3.44. The van der Waals surface area contributed by atoms with E-state index in [2.05, 4.69) is 50.0 Å². The van der Waals surface area contributed by atoms with Crippen LogP contribution < -0.4 is 5.32 Å². The molecule has 1 saturated heterocycles. The third kappa shape index (κ3) is 4.23. The second kappa shape index (κ2) is 7.63. The van der Waals surface area contributed by atoms with Gasteiger partial charge >= 0.3 is 0 Å². The van der Waals surface area contributed by atoms with E-state index in [0.29, 0.717) is 13.0 Å². The number of likely N-dealkylation sites (N-methyl/N-ethyl adjacent to an activating group) is 1. The molecule has 0 saturated carbocycles. The molecule has 1 N–H and O–H groups in total. The van der Waals surface area contributed by atoms with Crippen molar-refractivity contribution < 1.29 is 4.79 Å². The number of benzene rings is 1. The maximum atomic E-state index is 12.3. The number of anilines is 1. The van der Waals surface area contributed by atoms with E-state index in [4.69, 9.17) is 0 Å². The molecule has 1 aliphatic heterocycles. The van der Waals surface area contributed by atoms with Crippen LogP contribution in [0.4, 0.5) is 5.69 Å². The summed E-state index contributed by atoms with van der Waals surface area (Å²) in [6.07, 6.45) is 0.568. The first-order valence-electron chi connectivity index (χ1n) is 8.33. The van der Waals surface area contributed by atoms with Crippen molar-refractivity contribution in [1.82, 2.24) is 9.80 Å². The number of rotatable bonds is 5. The largest absolute Gasteiger partial charge is 0.384 e. The quantitative estimate of drug-likeness (QED) is 0.908. The van der Waals surface area contributed by atoms with Crippen molar-refractivity contribution in [3.05, 3.63) is 28.8 Å². The molecule has 0 spiro atoms. The Labute approximate surface area is 134 Å². The van der Waals surface area contributed by atoms with Crippen LogP contribution in [0.15, 0.2) is 12.1 Å². The van der Waals surface area contributed by atoms with Crippen molar-refractivity contribution in [2.24, 2.45) is 0 Å². The van der Waals surface area contributed by atoms with Crippen molar-refractivity contribution in [1.29, 1.82) is 0 Å². The number of carbonyl (C=O) groups is 1. The topological polar surface area (TPSA) is 35.6 Å². The average molecular weight is 303 g/mol. The van der Waals surface area contributed by atoms with Gasteiger partial charge in [0.2, 0.25) is 5.91 Å². The summed E-state index contributed by atoms with van der Waals surface area (Å²) >= 11 is 0. The van der Waals surface area contributed by atoms with E-state index in [1.807, 2.05) is 4.90 Å². The van der Waals surface area contributed by atoms with Crippen molar-refractivity contribution >= 4 is 11.6 Å². The normalized spacial score (nSPS) is 15.9. The molecule has 1 amide bonds. The smallest absolute Gasteiger partial charge is 0.224 e. The van der Waals surface area contributed by atoms with E-state index < -0.39 is 0 Å². The van der Waals surface area contributed by atoms with Gasteiger partial charge in [0.25, 0.3) is 0 Å². The molecule has 0 unspecified atom stereocenters. The van der Waals surface area contributed by atoms with Gasteiger partial charge in [-0.25, -0.2) is 0 Å². The molecule has 4 nitrogen and oxygen atoms in total. The van der Waals surface area contributed by atoms with Gasteiger partial charge < -0.3 is 15.1 Å². The fraction of sp³-hybridized carbons (Fsp3) is 0.611. The van der Waals surface area contributed by atoms with Crippen molar-refractivity contribution in [2.45, 2.75) is 34.1 Å². The van der Waals surface area contributed by atoms with Crippen LogP contribution in [0.2, 0.25) is 0 Å². The van der Waals surface area contributed by atoms with E-state index in [-0.39, 0.29) is 5.91 Å². The zero-order chi connectivity index (χ0) is 16.1. The average Bonchev–Trinajstić information content (AvgIpc) is 2.49. The first kappa shape index (κ1) is 16.8. The number of nitrogens with one attached hydrogen (secondary N) is 1. The van der Waals surface area contributed by atoms with Crippen LogP contribution in [0.1, 0.15) is 30.0 Å². The first-order chi connectivity index (χ1) is 10.5. The van der Waals surface area contributed by atoms with Gasteiger partial charge in [-0.2, -0.15) is 0 Å². The second-order valence-electron chi connectivity index (χ2n) is 6.27. The maximum Gasteiger partial charge on any atom is 0.224 e. The van der Waals surface area contributed by atoms with Gasteiger partial charge in [0.1, 0.15) is 0 Å². The number of nitrogens with zero attached hydrogens (tertiary/aromatic N) is 2. The van der Waals surface area contributed by atoms with E-state index in [1.165, 1.54) is 22.4 Å². The minimum atomic E-state index is 0.269. The molecule has 4 heteroatoms. The Morgan fingerprint density at radius 2 is 1.68 bits per heavy atom. The first-order valence-corrected chi connectivity index (χ1v) is 8.33. The summed E-state index contributed by atoms with van der Waals surface area (Å²) in [4.78, 5) is 16.7. The van der Waals surface area contributed by atoms with Crippen molar-refractivity contribution in [3.63, 3.8) is 0 Å². The maximum absolute atomic E-state index is 12.3. The van der Waals surface area contributed by atoms with Crippen LogP contribution in [0.25, 0.3) is 0 Å². The SMILES string of the molecule is CCN1CCN(C(=O)CCNc2c(C)cc(C)cc2C)CC1. The van der Waals surface area contributed by atoms with Crippen LogP contribution in [0, 0.1) is 20.8 Å². The molecular weight excluding hydrogens is 274 g/mol. The van der Waals surface area contributed by atoms with Crippen LogP contribution in [-0.2, 0) is 4.79 Å². The Bertz CT molecular complexity index is 496. The second-order valence-corrected chi connectivity index (χ2v) is 6.27. The number of piperazine rings is 1. The summed E-state index contributed by atoms with van der Waals surface area (Å²) in [5.41, 5.74) is 4.96. The van der Waals surface area contributed by atoms with E-state index in [0.717, 1.165) is 32.7 Å². The fourth-order valence-corrected chi connectivity index (χ4v) is 3.22. The number of hydrogen-bond donors (Lipinski definition) is 1. The fourth-order valence-electron chi connectivity index (χ4n) is 3.22. The van der Waals surface area contributed by atoms with Gasteiger partial charge in [-0.15, -0.1) is 0 Å². The predicted molar refractivity (Wildman–Crippen MR) is 92.5 cm³/mol. The Morgan fingerprint density at radius 3 is 2.23 bits per heavy atom. The molecule has 2 rings (SSSR count). The summed E-state index contributed by atoms with van der Waals surface area (Å²) in [6, 6.07) is 4.36. The minimum Gasteiger partial charge on any atom is -0.384 e. The zero-order valence-corrected chi connectivity index (χ0v) is 14.4. The molecule has 1 aromatic rings. The monoisotopic (exact) mass is 303 g/mol. The Kier molecular flexibility index (Phi) is 5.83. The van der Waals surface area contributed by atoms with E-state index in [1.54, 1.807) is 0 Å². The molecule has 0 radical (unpaired) electrons. The molecule has 1 heterocycles. The third-order valence-corrected chi connectivity index (χ3v) is 4.49. The van der Waals surface area contributed by atoms with Gasteiger partial charge in [-0.3, -0.25) is 4.79 Å². The summed E-state index contributed by atoms with van der Waals surface area (Å²) in [7, 11) is 0. The van der Waals surface area contributed by atoms with Gasteiger partial charge in [-0.05, 0) is 38.4 Å². The molecule has 0 atom stereocenters. The Morgan fingerprint density at radius 1 is 1.09 bits per heavy atom. The lowest BCUT2D eigenvalue weighted by Crippen LogP contribution is -2.48. The lowest BCUT2D eigenvalue weighted by Gasteiger charge is -2.34. The molecule has 1 aliphatic rings. The van der Waals surface area contributed by atoms with Crippen molar-refractivity contribution in [2.75, 3.05) is 44.6 Å². The lowest BCUT2D eigenvalue weighted by molar-refractivity contribution is -0.132. The summed E-state index contributed by atoms with van der Waals surface area (Å²) < 4.78 is 0. The molecular formula is C18H29N3O. The van der Waals surface area contributed by atoms with Crippen LogP contribution in [-0.4, -0.2) is 55.0 Å². The van der Waals surface area contributed by atoms with Crippen LogP contribution in [0.5, 0.6) is 0 Å². The molecule has 0 bridgehead atoms. The minimum absolute atomic E-state index is 0.269. The molecule has 122 valence electrons. The number of hydrogen-bond acceptors (Lipinski definition) is 3. The van der Waals surface area contributed by atoms with Gasteiger partial charge in [-0.1, -0.05) is 24.6 Å². The highest BCUT2D eigenvalue weighted by atomic mass is 16.2. The van der Waals surface area contributed by atoms with Gasteiger partial charge in [0.05, 0.1) is 0 Å². The summed E-state index contributed by atoms with van der Waals surface area (Å²) in [5.74, 6) is 0.269. The zero-order valence-electron chi connectivity index (χ0n) is 14.4. The van der Waals surface area contributed by atoms with Crippen LogP contribution in [0.3, 0.4) is 0 Å². The lowest BCUT2D eigenvalue weighted by atomic mass is 10.1. The predicted octanol–water partition coefficient (Wildman–Crippen LogP) is 2.58. The summed E-state index contributed by atoms with van der Waals surface area (Å²) in [6.45, 7) is 14.1. The highest BCUT2D eigenvalue weighted by Gasteiger charge is 2.19. The number of amides is 1. The highest BCUT2D eigenvalue weighted by Crippen LogP contribution is 2.21. The van der Waals surface area contributed by atoms with Gasteiger partial charge in [0, 0.05) is 44.8 Å². The standard InChI is InChI=1S/C18H29N3O/c1-5-20-8-10-21(11-9-20)17(22)6-7-19-18-15(3)12-14(2)13-16(18)4/h12-13,19H,5-11H2,1-4H3. The van der Waals surface area contributed by atoms with Crippen LogP contribution >= 0.6 is 0 Å². The molecule has 0 aliphatic carbocycles. The Hall–Kier alpha value is -1.55. The highest BCUT2D eigenvalue weighted by molar-refractivity contribution is 5.77. The molecule has 1 fully saturated rings. The molecule has 1 aromatic carbocycles. The molecule has 0 aromatic heterocycles. The molecule has 22 heavy (non-hydrogen) atoms. The van der Waals surface area contributed by atoms with E-state index in [9.17, 15) is 4.79 Å². The third-order valence-electron chi connectivity index (χ3n) is 4.49. The number of aryl methyl sites for hydroxylation is 3. The number of carbonyl (C=O) groups excluding carboxylic acids is 1.